The number of nitrogens with one attached hydrogen (secondary N) is 1. The predicted octanol–water partition coefficient (Wildman–Crippen LogP) is 4.19. The van der Waals surface area contributed by atoms with E-state index in [1.807, 2.05) is 0 Å². The number of nitrogens with zero attached hydrogens (tertiary/aromatic N) is 1. The molecule has 1 aromatic rings. The summed E-state index contributed by atoms with van der Waals surface area (Å²) in [6.07, 6.45) is 1.94. The van der Waals surface area contributed by atoms with Gasteiger partial charge in [-0.05, 0) is 41.4 Å². The molecule has 0 heterocycles. The molecule has 0 bridgehead atoms. The lowest BCUT2D eigenvalue weighted by atomic mass is 10.1. The van der Waals surface area contributed by atoms with Gasteiger partial charge in [0.1, 0.15) is 11.5 Å². The van der Waals surface area contributed by atoms with Crippen LogP contribution in [-0.4, -0.2) is 11.5 Å². The van der Waals surface area contributed by atoms with Crippen LogP contribution in [-0.2, 0) is 0 Å². The van der Waals surface area contributed by atoms with Crippen LogP contribution in [0.3, 0.4) is 0 Å². The van der Waals surface area contributed by atoms with Gasteiger partial charge in [0.2, 0.25) is 0 Å². The van der Waals surface area contributed by atoms with Crippen molar-refractivity contribution in [2.45, 2.75) is 26.7 Å². The second-order valence-electron chi connectivity index (χ2n) is 4.50. The number of benzene rings is 1. The molecule has 6 heteroatoms. The van der Waals surface area contributed by atoms with Gasteiger partial charge in [0.15, 0.2) is 0 Å². The highest BCUT2D eigenvalue weighted by Crippen LogP contribution is 2.28. The number of nitro benzene ring substituents is 1. The van der Waals surface area contributed by atoms with E-state index in [1.165, 1.54) is 12.1 Å². The van der Waals surface area contributed by atoms with E-state index in [1.54, 1.807) is 22.6 Å². The standard InChI is InChI=1S/C12H16FIN2O2/c1-8(2)4-3-5-15-11-6-9(13)10(14)7-12(11)16(17)18/h6-8,15H,3-5H2,1-2H3. The summed E-state index contributed by atoms with van der Waals surface area (Å²) in [6, 6.07) is 2.44. The van der Waals surface area contributed by atoms with Gasteiger partial charge in [-0.2, -0.15) is 0 Å². The van der Waals surface area contributed by atoms with Crippen molar-refractivity contribution in [1.82, 2.24) is 0 Å². The summed E-state index contributed by atoms with van der Waals surface area (Å²) in [5, 5.41) is 13.8. The lowest BCUT2D eigenvalue weighted by molar-refractivity contribution is -0.384. The molecule has 0 aliphatic rings. The van der Waals surface area contributed by atoms with Crippen LogP contribution in [0.2, 0.25) is 0 Å². The van der Waals surface area contributed by atoms with Crippen LogP contribution in [0.4, 0.5) is 15.8 Å². The third-order valence-electron chi connectivity index (χ3n) is 2.51. The van der Waals surface area contributed by atoms with Crippen molar-refractivity contribution in [3.05, 3.63) is 31.6 Å². The first kappa shape index (κ1) is 15.1. The Morgan fingerprint density at radius 1 is 1.50 bits per heavy atom. The van der Waals surface area contributed by atoms with Gasteiger partial charge in [-0.15, -0.1) is 0 Å². The molecule has 0 radical (unpaired) electrons. The monoisotopic (exact) mass is 366 g/mol. The van der Waals surface area contributed by atoms with E-state index >= 15 is 0 Å². The lowest BCUT2D eigenvalue weighted by Crippen LogP contribution is -2.06. The minimum atomic E-state index is -0.494. The Morgan fingerprint density at radius 2 is 2.17 bits per heavy atom. The van der Waals surface area contributed by atoms with Crippen molar-refractivity contribution >= 4 is 34.0 Å². The van der Waals surface area contributed by atoms with Crippen LogP contribution < -0.4 is 5.32 Å². The van der Waals surface area contributed by atoms with Crippen LogP contribution in [0.25, 0.3) is 0 Å². The highest BCUT2D eigenvalue weighted by molar-refractivity contribution is 14.1. The fourth-order valence-electron chi connectivity index (χ4n) is 1.56. The summed E-state index contributed by atoms with van der Waals surface area (Å²) in [5.74, 6) is 0.155. The first-order chi connectivity index (χ1) is 8.41. The normalized spacial score (nSPS) is 10.7. The summed E-state index contributed by atoms with van der Waals surface area (Å²) in [7, 11) is 0. The number of anilines is 1. The molecule has 0 aromatic heterocycles. The van der Waals surface area contributed by atoms with Crippen molar-refractivity contribution in [3.63, 3.8) is 0 Å². The van der Waals surface area contributed by atoms with Crippen LogP contribution in [0.1, 0.15) is 26.7 Å². The Kier molecular flexibility index (Phi) is 5.77. The summed E-state index contributed by atoms with van der Waals surface area (Å²) in [6.45, 7) is 4.85. The summed E-state index contributed by atoms with van der Waals surface area (Å²) in [5.41, 5.74) is 0.173. The zero-order chi connectivity index (χ0) is 13.7. The van der Waals surface area contributed by atoms with E-state index in [9.17, 15) is 14.5 Å². The number of rotatable bonds is 6. The first-order valence-corrected chi connectivity index (χ1v) is 6.87. The van der Waals surface area contributed by atoms with Crippen LogP contribution in [0, 0.1) is 25.4 Å². The lowest BCUT2D eigenvalue weighted by Gasteiger charge is -2.09. The van der Waals surface area contributed by atoms with E-state index < -0.39 is 10.7 Å². The summed E-state index contributed by atoms with van der Waals surface area (Å²) in [4.78, 5) is 10.4. The van der Waals surface area contributed by atoms with Crippen molar-refractivity contribution in [2.24, 2.45) is 5.92 Å². The minimum absolute atomic E-state index is 0.0784. The molecule has 100 valence electrons. The third kappa shape index (κ3) is 4.40. The van der Waals surface area contributed by atoms with E-state index in [4.69, 9.17) is 0 Å². The molecule has 4 nitrogen and oxygen atoms in total. The van der Waals surface area contributed by atoms with Gasteiger partial charge >= 0.3 is 0 Å². The molecule has 18 heavy (non-hydrogen) atoms. The molecule has 1 rings (SSSR count). The minimum Gasteiger partial charge on any atom is -0.379 e. The number of nitro groups is 1. The first-order valence-electron chi connectivity index (χ1n) is 5.79. The maximum atomic E-state index is 13.4. The zero-order valence-corrected chi connectivity index (χ0v) is 12.5. The Labute approximate surface area is 119 Å². The van der Waals surface area contributed by atoms with Gasteiger partial charge in [-0.3, -0.25) is 10.1 Å². The van der Waals surface area contributed by atoms with Gasteiger partial charge in [-0.25, -0.2) is 4.39 Å². The Balaban J connectivity index is 2.74. The molecule has 1 aromatic carbocycles. The SMILES string of the molecule is CC(C)CCCNc1cc(F)c(I)cc1[N+](=O)[O-]. The third-order valence-corrected chi connectivity index (χ3v) is 3.34. The molecule has 0 amide bonds. The predicted molar refractivity (Wildman–Crippen MR) is 78.3 cm³/mol. The van der Waals surface area contributed by atoms with Crippen molar-refractivity contribution < 1.29 is 9.31 Å². The van der Waals surface area contributed by atoms with Gasteiger partial charge in [0.05, 0.1) is 8.49 Å². The number of hydrogen-bond acceptors (Lipinski definition) is 3. The molecule has 0 atom stereocenters. The molecule has 0 aliphatic heterocycles. The maximum absolute atomic E-state index is 13.4. The maximum Gasteiger partial charge on any atom is 0.293 e. The van der Waals surface area contributed by atoms with Gasteiger partial charge in [0.25, 0.3) is 5.69 Å². The van der Waals surface area contributed by atoms with Crippen LogP contribution in [0.15, 0.2) is 12.1 Å². The second-order valence-corrected chi connectivity index (χ2v) is 5.67. The quantitative estimate of drug-likeness (QED) is 0.356. The number of halogens is 2. The van der Waals surface area contributed by atoms with E-state index in [-0.39, 0.29) is 14.9 Å². The molecule has 0 spiro atoms. The molecular weight excluding hydrogens is 350 g/mol. The van der Waals surface area contributed by atoms with Crippen LogP contribution in [0.5, 0.6) is 0 Å². The Hall–Kier alpha value is -0.920. The molecular formula is C12H16FIN2O2. The zero-order valence-electron chi connectivity index (χ0n) is 10.4. The average Bonchev–Trinajstić information content (AvgIpc) is 2.28. The highest BCUT2D eigenvalue weighted by Gasteiger charge is 2.16. The van der Waals surface area contributed by atoms with Gasteiger partial charge in [-0.1, -0.05) is 13.8 Å². The molecule has 0 unspecified atom stereocenters. The molecule has 0 saturated heterocycles. The molecule has 0 aliphatic carbocycles. The van der Waals surface area contributed by atoms with Crippen molar-refractivity contribution in [2.75, 3.05) is 11.9 Å². The summed E-state index contributed by atoms with van der Waals surface area (Å²) < 4.78 is 13.6. The molecule has 1 N–H and O–H groups in total. The van der Waals surface area contributed by atoms with E-state index in [2.05, 4.69) is 19.2 Å². The van der Waals surface area contributed by atoms with Crippen molar-refractivity contribution in [1.29, 1.82) is 0 Å². The Bertz CT molecular complexity index is 438. The fraction of sp³-hybridized carbons (Fsp3) is 0.500. The largest absolute Gasteiger partial charge is 0.379 e. The second kappa shape index (κ2) is 6.86. The van der Waals surface area contributed by atoms with Crippen molar-refractivity contribution in [3.8, 4) is 0 Å². The average molecular weight is 366 g/mol. The van der Waals surface area contributed by atoms with Gasteiger partial charge in [0, 0.05) is 18.7 Å². The van der Waals surface area contributed by atoms with E-state index in [0.29, 0.717) is 12.5 Å². The topological polar surface area (TPSA) is 55.2 Å². The number of hydrogen-bond donors (Lipinski definition) is 1. The Morgan fingerprint density at radius 3 is 2.72 bits per heavy atom. The molecule has 0 fully saturated rings. The highest BCUT2D eigenvalue weighted by atomic mass is 127. The fourth-order valence-corrected chi connectivity index (χ4v) is 2.01. The van der Waals surface area contributed by atoms with Gasteiger partial charge < -0.3 is 5.32 Å². The smallest absolute Gasteiger partial charge is 0.293 e. The molecule has 0 saturated carbocycles. The summed E-state index contributed by atoms with van der Waals surface area (Å²) >= 11 is 1.75. The van der Waals surface area contributed by atoms with E-state index in [0.717, 1.165) is 12.8 Å². The van der Waals surface area contributed by atoms with Crippen LogP contribution >= 0.6 is 22.6 Å².